The van der Waals surface area contributed by atoms with Gasteiger partial charge in [-0.2, -0.15) is 0 Å². The third kappa shape index (κ3) is 7.24. The zero-order valence-corrected chi connectivity index (χ0v) is 12.0. The minimum absolute atomic E-state index is 0.334. The summed E-state index contributed by atoms with van der Waals surface area (Å²) in [6, 6.07) is 0. The van der Waals surface area contributed by atoms with Crippen molar-refractivity contribution in [2.75, 3.05) is 26.9 Å². The molecule has 0 aliphatic carbocycles. The van der Waals surface area contributed by atoms with Crippen LogP contribution in [-0.2, 0) is 9.47 Å². The van der Waals surface area contributed by atoms with Crippen molar-refractivity contribution < 1.29 is 9.47 Å². The smallest absolute Gasteiger partial charge is 0.0519 e. The average Bonchev–Trinajstić information content (AvgIpc) is 2.17. The van der Waals surface area contributed by atoms with E-state index in [9.17, 15) is 0 Å². The quantitative estimate of drug-likeness (QED) is 0.600. The number of hydrogen-bond donors (Lipinski definition) is 0. The molecular formula is C14H30O2. The SMILES string of the molecule is CCC(C)(COCC(C)COC)CC(C)C. The molecule has 98 valence electrons. The predicted molar refractivity (Wildman–Crippen MR) is 69.7 cm³/mol. The van der Waals surface area contributed by atoms with Crippen molar-refractivity contribution in [1.82, 2.24) is 0 Å². The molecule has 0 spiro atoms. The monoisotopic (exact) mass is 230 g/mol. The van der Waals surface area contributed by atoms with Crippen molar-refractivity contribution in [2.24, 2.45) is 17.3 Å². The first-order chi connectivity index (χ1) is 7.43. The van der Waals surface area contributed by atoms with Crippen molar-refractivity contribution in [3.63, 3.8) is 0 Å². The third-order valence-electron chi connectivity index (χ3n) is 3.06. The molecule has 0 aromatic rings. The molecule has 0 aromatic heterocycles. The van der Waals surface area contributed by atoms with Crippen molar-refractivity contribution in [3.05, 3.63) is 0 Å². The van der Waals surface area contributed by atoms with Gasteiger partial charge in [0.25, 0.3) is 0 Å². The van der Waals surface area contributed by atoms with E-state index in [1.165, 1.54) is 12.8 Å². The molecule has 0 saturated carbocycles. The Morgan fingerprint density at radius 1 is 1.12 bits per heavy atom. The van der Waals surface area contributed by atoms with Gasteiger partial charge in [-0.1, -0.05) is 34.6 Å². The Kier molecular flexibility index (Phi) is 8.04. The first-order valence-electron chi connectivity index (χ1n) is 6.50. The lowest BCUT2D eigenvalue weighted by atomic mass is 9.80. The molecule has 0 aliphatic rings. The summed E-state index contributed by atoms with van der Waals surface area (Å²) in [5.41, 5.74) is 0.334. The Morgan fingerprint density at radius 3 is 2.19 bits per heavy atom. The van der Waals surface area contributed by atoms with Gasteiger partial charge in [0.1, 0.15) is 0 Å². The number of methoxy groups -OCH3 is 1. The Balaban J connectivity index is 3.85. The van der Waals surface area contributed by atoms with Crippen LogP contribution in [0.2, 0.25) is 0 Å². The van der Waals surface area contributed by atoms with Crippen LogP contribution >= 0.6 is 0 Å². The summed E-state index contributed by atoms with van der Waals surface area (Å²) in [5, 5.41) is 0. The van der Waals surface area contributed by atoms with Gasteiger partial charge in [0, 0.05) is 13.0 Å². The molecule has 2 unspecified atom stereocenters. The largest absolute Gasteiger partial charge is 0.384 e. The van der Waals surface area contributed by atoms with Gasteiger partial charge in [0.15, 0.2) is 0 Å². The van der Waals surface area contributed by atoms with E-state index >= 15 is 0 Å². The van der Waals surface area contributed by atoms with Gasteiger partial charge in [-0.25, -0.2) is 0 Å². The maximum Gasteiger partial charge on any atom is 0.0519 e. The van der Waals surface area contributed by atoms with Crippen LogP contribution in [0.25, 0.3) is 0 Å². The molecule has 2 atom stereocenters. The van der Waals surface area contributed by atoms with Gasteiger partial charge >= 0.3 is 0 Å². The summed E-state index contributed by atoms with van der Waals surface area (Å²) in [4.78, 5) is 0. The molecule has 0 aromatic carbocycles. The lowest BCUT2D eigenvalue weighted by molar-refractivity contribution is 0.00861. The van der Waals surface area contributed by atoms with Crippen molar-refractivity contribution in [3.8, 4) is 0 Å². The fraction of sp³-hybridized carbons (Fsp3) is 1.00. The van der Waals surface area contributed by atoms with Crippen molar-refractivity contribution in [1.29, 1.82) is 0 Å². The molecule has 0 saturated heterocycles. The Bertz CT molecular complexity index is 168. The van der Waals surface area contributed by atoms with Crippen LogP contribution in [0.1, 0.15) is 47.5 Å². The molecule has 0 radical (unpaired) electrons. The topological polar surface area (TPSA) is 18.5 Å². The third-order valence-corrected chi connectivity index (χ3v) is 3.06. The zero-order valence-electron chi connectivity index (χ0n) is 12.0. The van der Waals surface area contributed by atoms with Crippen LogP contribution in [0.3, 0.4) is 0 Å². The number of rotatable bonds is 9. The highest BCUT2D eigenvalue weighted by atomic mass is 16.5. The van der Waals surface area contributed by atoms with E-state index < -0.39 is 0 Å². The van der Waals surface area contributed by atoms with E-state index in [1.54, 1.807) is 7.11 Å². The van der Waals surface area contributed by atoms with Gasteiger partial charge in [-0.05, 0) is 24.2 Å². The summed E-state index contributed by atoms with van der Waals surface area (Å²) in [5.74, 6) is 1.23. The first-order valence-corrected chi connectivity index (χ1v) is 6.50. The van der Waals surface area contributed by atoms with Crippen molar-refractivity contribution in [2.45, 2.75) is 47.5 Å². The molecule has 0 bridgehead atoms. The molecule has 0 fully saturated rings. The molecule has 0 amide bonds. The molecule has 0 N–H and O–H groups in total. The maximum absolute atomic E-state index is 5.82. The van der Waals surface area contributed by atoms with Gasteiger partial charge in [-0.3, -0.25) is 0 Å². The van der Waals surface area contributed by atoms with E-state index in [-0.39, 0.29) is 0 Å². The van der Waals surface area contributed by atoms with Crippen molar-refractivity contribution >= 4 is 0 Å². The molecule has 2 heteroatoms. The fourth-order valence-corrected chi connectivity index (χ4v) is 2.13. The molecule has 0 rings (SSSR count). The molecule has 0 aliphatic heterocycles. The Morgan fingerprint density at radius 2 is 1.75 bits per heavy atom. The fourth-order valence-electron chi connectivity index (χ4n) is 2.13. The van der Waals surface area contributed by atoms with Crippen LogP contribution in [0.15, 0.2) is 0 Å². The highest BCUT2D eigenvalue weighted by Gasteiger charge is 2.23. The molecule has 16 heavy (non-hydrogen) atoms. The highest BCUT2D eigenvalue weighted by Crippen LogP contribution is 2.30. The molecular weight excluding hydrogens is 200 g/mol. The van der Waals surface area contributed by atoms with Crippen LogP contribution in [0, 0.1) is 17.3 Å². The lowest BCUT2D eigenvalue weighted by Crippen LogP contribution is -2.26. The standard InChI is InChI=1S/C14H30O2/c1-7-14(5,8-12(2)3)11-16-10-13(4)9-15-6/h12-13H,7-11H2,1-6H3. The predicted octanol–water partition coefficient (Wildman–Crippen LogP) is 3.75. The Labute approximate surface area is 102 Å². The summed E-state index contributed by atoms with van der Waals surface area (Å²) in [7, 11) is 1.74. The maximum atomic E-state index is 5.82. The average molecular weight is 230 g/mol. The zero-order chi connectivity index (χ0) is 12.6. The van der Waals surface area contributed by atoms with E-state index in [0.29, 0.717) is 11.3 Å². The van der Waals surface area contributed by atoms with E-state index in [1.807, 2.05) is 0 Å². The summed E-state index contributed by atoms with van der Waals surface area (Å²) >= 11 is 0. The number of ether oxygens (including phenoxy) is 2. The minimum Gasteiger partial charge on any atom is -0.384 e. The van der Waals surface area contributed by atoms with Crippen LogP contribution in [0.4, 0.5) is 0 Å². The van der Waals surface area contributed by atoms with Gasteiger partial charge < -0.3 is 9.47 Å². The summed E-state index contributed by atoms with van der Waals surface area (Å²) < 4.78 is 10.9. The minimum atomic E-state index is 0.334. The van der Waals surface area contributed by atoms with Crippen LogP contribution in [-0.4, -0.2) is 26.9 Å². The second-order valence-corrected chi connectivity index (χ2v) is 5.84. The van der Waals surface area contributed by atoms with E-state index in [2.05, 4.69) is 34.6 Å². The molecule has 0 heterocycles. The second-order valence-electron chi connectivity index (χ2n) is 5.84. The van der Waals surface area contributed by atoms with Crippen LogP contribution < -0.4 is 0 Å². The summed E-state index contributed by atoms with van der Waals surface area (Å²) in [6.07, 6.45) is 2.42. The normalized spacial score (nSPS) is 17.4. The lowest BCUT2D eigenvalue weighted by Gasteiger charge is -2.30. The second kappa shape index (κ2) is 8.08. The summed E-state index contributed by atoms with van der Waals surface area (Å²) in [6.45, 7) is 13.8. The van der Waals surface area contributed by atoms with Gasteiger partial charge in [0.05, 0.1) is 19.8 Å². The first kappa shape index (κ1) is 15.9. The highest BCUT2D eigenvalue weighted by molar-refractivity contribution is 4.73. The van der Waals surface area contributed by atoms with Gasteiger partial charge in [0.2, 0.25) is 0 Å². The number of hydrogen-bond acceptors (Lipinski definition) is 2. The van der Waals surface area contributed by atoms with E-state index in [0.717, 1.165) is 25.7 Å². The van der Waals surface area contributed by atoms with Gasteiger partial charge in [-0.15, -0.1) is 0 Å². The Hall–Kier alpha value is -0.0800. The van der Waals surface area contributed by atoms with Crippen LogP contribution in [0.5, 0.6) is 0 Å². The molecule has 2 nitrogen and oxygen atoms in total. The van der Waals surface area contributed by atoms with E-state index in [4.69, 9.17) is 9.47 Å².